The predicted octanol–water partition coefficient (Wildman–Crippen LogP) is 5.91. The third kappa shape index (κ3) is 5.81. The number of nitrogens with zero attached hydrogens (tertiary/aromatic N) is 1. The first kappa shape index (κ1) is 27.6. The maximum Gasteiger partial charge on any atom is 0.339 e. The van der Waals surface area contributed by atoms with Crippen LogP contribution in [0.2, 0.25) is 0 Å². The van der Waals surface area contributed by atoms with Gasteiger partial charge in [-0.25, -0.2) is 4.79 Å². The van der Waals surface area contributed by atoms with E-state index in [1.807, 2.05) is 57.2 Å². The minimum absolute atomic E-state index is 0.0419. The van der Waals surface area contributed by atoms with Crippen LogP contribution in [0.4, 0.5) is 5.69 Å². The summed E-state index contributed by atoms with van der Waals surface area (Å²) in [6.07, 6.45) is 0.959. The molecule has 7 heteroatoms. The van der Waals surface area contributed by atoms with E-state index >= 15 is 0 Å². The van der Waals surface area contributed by atoms with Gasteiger partial charge in [-0.05, 0) is 56.5 Å². The summed E-state index contributed by atoms with van der Waals surface area (Å²) >= 11 is 0. The zero-order valence-electron chi connectivity index (χ0n) is 23.6. The number of benzene rings is 3. The molecule has 0 spiro atoms. The van der Waals surface area contributed by atoms with E-state index in [9.17, 15) is 9.59 Å². The number of para-hydroxylation sites is 1. The number of hydrogen-bond acceptors (Lipinski definition) is 7. The van der Waals surface area contributed by atoms with Gasteiger partial charge in [0.05, 0.1) is 37.3 Å². The minimum atomic E-state index is -0.415. The molecule has 0 aliphatic carbocycles. The Labute approximate surface area is 234 Å². The summed E-state index contributed by atoms with van der Waals surface area (Å²) < 4.78 is 16.9. The molecule has 1 aromatic heterocycles. The van der Waals surface area contributed by atoms with Crippen LogP contribution in [0.1, 0.15) is 45.6 Å². The molecule has 0 radical (unpaired) electrons. The third-order valence-corrected chi connectivity index (χ3v) is 7.60. The molecular weight excluding hydrogens is 504 g/mol. The van der Waals surface area contributed by atoms with Gasteiger partial charge >= 0.3 is 5.97 Å². The first-order valence-corrected chi connectivity index (χ1v) is 13.8. The van der Waals surface area contributed by atoms with Crippen molar-refractivity contribution in [1.82, 2.24) is 4.90 Å². The SMILES string of the molecule is COC(=O)c1ccccc1N[C@H](C)c1cc(C)cc2c(=O)c(C)c(-c3ccc(CCN4CCOCC4)cc3)oc12. The van der Waals surface area contributed by atoms with E-state index in [0.717, 1.165) is 56.0 Å². The average Bonchev–Trinajstić information content (AvgIpc) is 2.98. The van der Waals surface area contributed by atoms with E-state index in [1.165, 1.54) is 12.7 Å². The lowest BCUT2D eigenvalue weighted by Gasteiger charge is -2.26. The van der Waals surface area contributed by atoms with Gasteiger partial charge in [-0.15, -0.1) is 0 Å². The number of anilines is 1. The molecule has 1 N–H and O–H groups in total. The second kappa shape index (κ2) is 12.1. The number of ether oxygens (including phenoxy) is 2. The molecule has 0 saturated carbocycles. The Balaban J connectivity index is 1.47. The first-order chi connectivity index (χ1) is 19.4. The van der Waals surface area contributed by atoms with Gasteiger partial charge in [0.2, 0.25) is 0 Å². The Kier molecular flexibility index (Phi) is 8.33. The molecule has 1 saturated heterocycles. The molecule has 1 fully saturated rings. The van der Waals surface area contributed by atoms with Crippen molar-refractivity contribution in [2.24, 2.45) is 0 Å². The second-order valence-electron chi connectivity index (χ2n) is 10.4. The lowest BCUT2D eigenvalue weighted by molar-refractivity contribution is 0.0384. The Morgan fingerprint density at radius 3 is 2.50 bits per heavy atom. The van der Waals surface area contributed by atoms with Crippen LogP contribution < -0.4 is 10.7 Å². The van der Waals surface area contributed by atoms with Gasteiger partial charge in [0.1, 0.15) is 11.3 Å². The maximum atomic E-state index is 13.6. The predicted molar refractivity (Wildman–Crippen MR) is 158 cm³/mol. The molecule has 0 amide bonds. The fraction of sp³-hybridized carbons (Fsp3) is 0.333. The average molecular weight is 541 g/mol. The van der Waals surface area contributed by atoms with E-state index in [1.54, 1.807) is 12.1 Å². The zero-order valence-corrected chi connectivity index (χ0v) is 23.6. The standard InChI is InChI=1S/C33H36N2O5/c1-21-19-27(23(3)34-29-8-6-5-7-26(29)33(37)38-4)32-28(20-21)30(36)22(2)31(40-32)25-11-9-24(10-12-25)13-14-35-15-17-39-18-16-35/h5-12,19-20,23,34H,13-18H2,1-4H3/t23-/m1/s1. The number of rotatable bonds is 8. The fourth-order valence-corrected chi connectivity index (χ4v) is 5.31. The number of carbonyl (C=O) groups excluding carboxylic acids is 1. The van der Waals surface area contributed by atoms with Crippen LogP contribution in [-0.4, -0.2) is 50.8 Å². The van der Waals surface area contributed by atoms with Crippen molar-refractivity contribution in [1.29, 1.82) is 0 Å². The molecule has 1 aliphatic heterocycles. The summed E-state index contributed by atoms with van der Waals surface area (Å²) in [6, 6.07) is 19.2. The summed E-state index contributed by atoms with van der Waals surface area (Å²) in [7, 11) is 1.37. The smallest absolute Gasteiger partial charge is 0.339 e. The number of nitrogens with one attached hydrogen (secondary N) is 1. The van der Waals surface area contributed by atoms with Gasteiger partial charge < -0.3 is 19.2 Å². The lowest BCUT2D eigenvalue weighted by Crippen LogP contribution is -2.37. The van der Waals surface area contributed by atoms with Gasteiger partial charge in [0.25, 0.3) is 0 Å². The second-order valence-corrected chi connectivity index (χ2v) is 10.4. The molecule has 1 atom stereocenters. The highest BCUT2D eigenvalue weighted by atomic mass is 16.5. The summed E-state index contributed by atoms with van der Waals surface area (Å²) in [5.41, 5.74) is 6.10. The van der Waals surface area contributed by atoms with E-state index in [-0.39, 0.29) is 11.5 Å². The van der Waals surface area contributed by atoms with Crippen LogP contribution in [-0.2, 0) is 15.9 Å². The molecule has 208 valence electrons. The number of fused-ring (bicyclic) bond motifs is 1. The van der Waals surface area contributed by atoms with E-state index < -0.39 is 5.97 Å². The van der Waals surface area contributed by atoms with Crippen molar-refractivity contribution in [3.8, 4) is 11.3 Å². The molecular formula is C33H36N2O5. The molecule has 0 unspecified atom stereocenters. The van der Waals surface area contributed by atoms with Crippen LogP contribution in [0.5, 0.6) is 0 Å². The van der Waals surface area contributed by atoms with Gasteiger partial charge in [-0.3, -0.25) is 9.69 Å². The molecule has 4 aromatic rings. The van der Waals surface area contributed by atoms with Crippen LogP contribution in [0, 0.1) is 13.8 Å². The van der Waals surface area contributed by atoms with Gasteiger partial charge in [0.15, 0.2) is 5.43 Å². The van der Waals surface area contributed by atoms with Gasteiger partial charge in [-0.1, -0.05) is 42.5 Å². The van der Waals surface area contributed by atoms with Crippen molar-refractivity contribution in [3.05, 3.63) is 98.7 Å². The first-order valence-electron chi connectivity index (χ1n) is 13.8. The van der Waals surface area contributed by atoms with Crippen molar-refractivity contribution >= 4 is 22.6 Å². The molecule has 1 aliphatic rings. The monoisotopic (exact) mass is 540 g/mol. The molecule has 5 rings (SSSR count). The Hall–Kier alpha value is -3.94. The van der Waals surface area contributed by atoms with E-state index in [4.69, 9.17) is 13.9 Å². The van der Waals surface area contributed by atoms with Gasteiger partial charge in [-0.2, -0.15) is 0 Å². The number of hydrogen-bond donors (Lipinski definition) is 1. The van der Waals surface area contributed by atoms with Crippen LogP contribution in [0.25, 0.3) is 22.3 Å². The van der Waals surface area contributed by atoms with E-state index in [0.29, 0.717) is 33.5 Å². The number of morpholine rings is 1. The fourth-order valence-electron chi connectivity index (χ4n) is 5.31. The largest absolute Gasteiger partial charge is 0.465 e. The third-order valence-electron chi connectivity index (χ3n) is 7.60. The Morgan fingerprint density at radius 2 is 1.77 bits per heavy atom. The highest BCUT2D eigenvalue weighted by molar-refractivity contribution is 5.95. The normalized spacial score (nSPS) is 14.7. The highest BCUT2D eigenvalue weighted by Gasteiger charge is 2.21. The molecule has 40 heavy (non-hydrogen) atoms. The van der Waals surface area contributed by atoms with Crippen molar-refractivity contribution in [2.45, 2.75) is 33.2 Å². The summed E-state index contributed by atoms with van der Waals surface area (Å²) in [4.78, 5) is 28.3. The van der Waals surface area contributed by atoms with Crippen molar-refractivity contribution in [3.63, 3.8) is 0 Å². The number of methoxy groups -OCH3 is 1. The molecule has 2 heterocycles. The molecule has 3 aromatic carbocycles. The van der Waals surface area contributed by atoms with Crippen LogP contribution in [0.15, 0.2) is 69.9 Å². The summed E-state index contributed by atoms with van der Waals surface area (Å²) in [6.45, 7) is 10.3. The Bertz CT molecular complexity index is 1570. The topological polar surface area (TPSA) is 81.0 Å². The lowest BCUT2D eigenvalue weighted by atomic mass is 9.98. The van der Waals surface area contributed by atoms with E-state index in [2.05, 4.69) is 22.3 Å². The maximum absolute atomic E-state index is 13.6. The van der Waals surface area contributed by atoms with Crippen LogP contribution in [0.3, 0.4) is 0 Å². The number of carbonyl (C=O) groups is 1. The highest BCUT2D eigenvalue weighted by Crippen LogP contribution is 2.33. The number of aryl methyl sites for hydroxylation is 1. The summed E-state index contributed by atoms with van der Waals surface area (Å²) in [5, 5.41) is 3.98. The minimum Gasteiger partial charge on any atom is -0.465 e. The number of esters is 1. The summed E-state index contributed by atoms with van der Waals surface area (Å²) in [5.74, 6) is 0.159. The quantitative estimate of drug-likeness (QED) is 0.278. The molecule has 0 bridgehead atoms. The zero-order chi connectivity index (χ0) is 28.2. The van der Waals surface area contributed by atoms with Crippen LogP contribution >= 0.6 is 0 Å². The molecule has 7 nitrogen and oxygen atoms in total. The Morgan fingerprint density at radius 1 is 1.05 bits per heavy atom. The van der Waals surface area contributed by atoms with Gasteiger partial charge in [0, 0.05) is 42.0 Å². The van der Waals surface area contributed by atoms with Crippen molar-refractivity contribution < 1.29 is 18.7 Å². The van der Waals surface area contributed by atoms with Crippen molar-refractivity contribution in [2.75, 3.05) is 45.3 Å².